The van der Waals surface area contributed by atoms with Crippen molar-refractivity contribution >= 4 is 10.1 Å². The molecule has 0 aliphatic heterocycles. The molecular weight excluding hydrogens is 356 g/mol. The molecule has 0 heterocycles. The molecule has 0 atom stereocenters. The molecule has 27 heavy (non-hydrogen) atoms. The minimum absolute atomic E-state index is 0.0923. The van der Waals surface area contributed by atoms with Crippen molar-refractivity contribution in [3.8, 4) is 0 Å². The number of aryl methyl sites for hydroxylation is 2. The molecule has 1 N–H and O–H groups in total. The first-order valence-electron chi connectivity index (χ1n) is 10.9. The predicted octanol–water partition coefficient (Wildman–Crippen LogP) is 7.18. The lowest BCUT2D eigenvalue weighted by Gasteiger charge is -2.12. The monoisotopic (exact) mass is 396 g/mol. The van der Waals surface area contributed by atoms with Gasteiger partial charge in [0.1, 0.15) is 0 Å². The van der Waals surface area contributed by atoms with Crippen molar-refractivity contribution in [3.63, 3.8) is 0 Å². The molecule has 0 unspecified atom stereocenters. The molecule has 0 spiro atoms. The third kappa shape index (κ3) is 9.75. The van der Waals surface area contributed by atoms with Crippen molar-refractivity contribution in [2.45, 2.75) is 116 Å². The summed E-state index contributed by atoms with van der Waals surface area (Å²) in [6.45, 7) is 5.79. The molecule has 4 heteroatoms. The van der Waals surface area contributed by atoms with Crippen LogP contribution in [0.25, 0.3) is 0 Å². The molecule has 156 valence electrons. The maximum atomic E-state index is 11.6. The zero-order chi connectivity index (χ0) is 20.1. The van der Waals surface area contributed by atoms with Gasteiger partial charge in [-0.2, -0.15) is 8.42 Å². The summed E-state index contributed by atoms with van der Waals surface area (Å²) in [5.41, 5.74) is 2.36. The Kier molecular flexibility index (Phi) is 11.9. The highest BCUT2D eigenvalue weighted by atomic mass is 32.2. The van der Waals surface area contributed by atoms with Gasteiger partial charge in [0.2, 0.25) is 0 Å². The van der Waals surface area contributed by atoms with Crippen molar-refractivity contribution in [3.05, 3.63) is 28.8 Å². The Hall–Kier alpha value is -0.870. The van der Waals surface area contributed by atoms with E-state index in [1.54, 1.807) is 19.9 Å². The third-order valence-electron chi connectivity index (χ3n) is 5.52. The molecular formula is C23H40O3S. The van der Waals surface area contributed by atoms with Crippen LogP contribution in [-0.4, -0.2) is 13.0 Å². The molecule has 0 amide bonds. The normalized spacial score (nSPS) is 11.9. The van der Waals surface area contributed by atoms with Crippen LogP contribution in [0.2, 0.25) is 0 Å². The van der Waals surface area contributed by atoms with Gasteiger partial charge in [-0.1, -0.05) is 96.1 Å². The van der Waals surface area contributed by atoms with Crippen molar-refractivity contribution in [2.75, 3.05) is 0 Å². The smallest absolute Gasteiger partial charge is 0.282 e. The fourth-order valence-electron chi connectivity index (χ4n) is 3.87. The van der Waals surface area contributed by atoms with Gasteiger partial charge in [-0.15, -0.1) is 0 Å². The first kappa shape index (κ1) is 24.2. The molecule has 1 rings (SSSR count). The molecule has 0 fully saturated rings. The lowest BCUT2D eigenvalue weighted by atomic mass is 9.99. The standard InChI is InChI=1S/C23H40O3S/c1-4-5-6-7-8-9-10-11-12-13-14-15-16-17-22-19-18-20(2)23(21(22)3)27(24,25)26/h18-19H,4-17H2,1-3H3,(H,24,25,26). The molecule has 3 nitrogen and oxygen atoms in total. The van der Waals surface area contributed by atoms with E-state index in [9.17, 15) is 13.0 Å². The van der Waals surface area contributed by atoms with Crippen LogP contribution in [0.1, 0.15) is 107 Å². The molecule has 0 bridgehead atoms. The number of unbranched alkanes of at least 4 members (excludes halogenated alkanes) is 12. The lowest BCUT2D eigenvalue weighted by molar-refractivity contribution is 0.481. The van der Waals surface area contributed by atoms with Gasteiger partial charge in [0.25, 0.3) is 10.1 Å². The van der Waals surface area contributed by atoms with Gasteiger partial charge in [0.05, 0.1) is 4.90 Å². The van der Waals surface area contributed by atoms with Crippen LogP contribution < -0.4 is 0 Å². The van der Waals surface area contributed by atoms with E-state index in [1.807, 2.05) is 6.07 Å². The molecule has 0 radical (unpaired) electrons. The van der Waals surface area contributed by atoms with E-state index in [-0.39, 0.29) is 4.90 Å². The predicted molar refractivity (Wildman–Crippen MR) is 115 cm³/mol. The second kappa shape index (κ2) is 13.3. The van der Waals surface area contributed by atoms with E-state index in [0.717, 1.165) is 18.4 Å². The fraction of sp³-hybridized carbons (Fsp3) is 0.739. The minimum atomic E-state index is -4.14. The third-order valence-corrected chi connectivity index (χ3v) is 6.67. The number of hydrogen-bond donors (Lipinski definition) is 1. The van der Waals surface area contributed by atoms with E-state index in [2.05, 4.69) is 6.92 Å². The summed E-state index contributed by atoms with van der Waals surface area (Å²) in [6, 6.07) is 3.80. The largest absolute Gasteiger partial charge is 0.295 e. The van der Waals surface area contributed by atoms with Crippen LogP contribution in [0.5, 0.6) is 0 Å². The summed E-state index contributed by atoms with van der Waals surface area (Å²) in [4.78, 5) is 0.0923. The summed E-state index contributed by atoms with van der Waals surface area (Å²) in [7, 11) is -4.14. The van der Waals surface area contributed by atoms with E-state index in [1.165, 1.54) is 77.0 Å². The average Bonchev–Trinajstić information content (AvgIpc) is 2.59. The highest BCUT2D eigenvalue weighted by Crippen LogP contribution is 2.24. The van der Waals surface area contributed by atoms with Gasteiger partial charge in [0.15, 0.2) is 0 Å². The summed E-state index contributed by atoms with van der Waals surface area (Å²) in [5.74, 6) is 0. The van der Waals surface area contributed by atoms with Gasteiger partial charge in [-0.25, -0.2) is 0 Å². The van der Waals surface area contributed by atoms with Crippen molar-refractivity contribution in [1.82, 2.24) is 0 Å². The molecule has 0 aromatic heterocycles. The summed E-state index contributed by atoms with van der Waals surface area (Å²) in [5, 5.41) is 0. The van der Waals surface area contributed by atoms with Crippen LogP contribution in [0.3, 0.4) is 0 Å². The Bertz CT molecular complexity index is 635. The number of rotatable bonds is 15. The fourth-order valence-corrected chi connectivity index (χ4v) is 4.86. The van der Waals surface area contributed by atoms with Crippen molar-refractivity contribution in [1.29, 1.82) is 0 Å². The van der Waals surface area contributed by atoms with Gasteiger partial charge < -0.3 is 0 Å². The molecule has 1 aromatic rings. The van der Waals surface area contributed by atoms with Crippen LogP contribution in [-0.2, 0) is 16.5 Å². The lowest BCUT2D eigenvalue weighted by Crippen LogP contribution is -2.06. The van der Waals surface area contributed by atoms with Crippen LogP contribution in [0.15, 0.2) is 17.0 Å². The quantitative estimate of drug-likeness (QED) is 0.252. The second-order valence-electron chi connectivity index (χ2n) is 7.96. The first-order chi connectivity index (χ1) is 12.9. The summed E-state index contributed by atoms with van der Waals surface area (Å²) >= 11 is 0. The Morgan fingerprint density at radius 1 is 0.741 bits per heavy atom. The minimum Gasteiger partial charge on any atom is -0.282 e. The topological polar surface area (TPSA) is 54.4 Å². The SMILES string of the molecule is CCCCCCCCCCCCCCCc1ccc(C)c(S(=O)(=O)O)c1C. The molecule has 0 aliphatic carbocycles. The Labute approximate surface area is 167 Å². The summed E-state index contributed by atoms with van der Waals surface area (Å²) in [6.07, 6.45) is 18.1. The van der Waals surface area contributed by atoms with Gasteiger partial charge >= 0.3 is 0 Å². The van der Waals surface area contributed by atoms with Crippen molar-refractivity contribution in [2.24, 2.45) is 0 Å². The molecule has 0 saturated heterocycles. The number of hydrogen-bond acceptors (Lipinski definition) is 2. The Morgan fingerprint density at radius 2 is 1.19 bits per heavy atom. The van der Waals surface area contributed by atoms with Crippen LogP contribution in [0.4, 0.5) is 0 Å². The first-order valence-corrected chi connectivity index (χ1v) is 12.4. The molecule has 0 aliphatic rings. The second-order valence-corrected chi connectivity index (χ2v) is 9.32. The van der Waals surface area contributed by atoms with E-state index < -0.39 is 10.1 Å². The number of benzene rings is 1. The van der Waals surface area contributed by atoms with Crippen LogP contribution >= 0.6 is 0 Å². The van der Waals surface area contributed by atoms with Gasteiger partial charge in [-0.05, 0) is 43.4 Å². The molecule has 0 saturated carbocycles. The molecule has 1 aromatic carbocycles. The van der Waals surface area contributed by atoms with E-state index >= 15 is 0 Å². The zero-order valence-corrected chi connectivity index (χ0v) is 18.5. The Morgan fingerprint density at radius 3 is 1.63 bits per heavy atom. The average molecular weight is 397 g/mol. The maximum Gasteiger partial charge on any atom is 0.295 e. The van der Waals surface area contributed by atoms with Crippen molar-refractivity contribution < 1.29 is 13.0 Å². The van der Waals surface area contributed by atoms with Gasteiger partial charge in [-0.3, -0.25) is 4.55 Å². The van der Waals surface area contributed by atoms with E-state index in [4.69, 9.17) is 0 Å². The van der Waals surface area contributed by atoms with Crippen LogP contribution in [0, 0.1) is 13.8 Å². The zero-order valence-electron chi connectivity index (χ0n) is 17.7. The van der Waals surface area contributed by atoms with E-state index in [0.29, 0.717) is 11.1 Å². The maximum absolute atomic E-state index is 11.6. The highest BCUT2D eigenvalue weighted by molar-refractivity contribution is 7.86. The summed E-state index contributed by atoms with van der Waals surface area (Å²) < 4.78 is 32.6. The van der Waals surface area contributed by atoms with Gasteiger partial charge in [0, 0.05) is 0 Å². The Balaban J connectivity index is 2.14. The highest BCUT2D eigenvalue weighted by Gasteiger charge is 2.18.